The molecule has 2 aromatic carbocycles. The average molecular weight is 374 g/mol. The molecule has 0 aromatic heterocycles. The molecule has 7 heteroatoms. The van der Waals surface area contributed by atoms with Gasteiger partial charge < -0.3 is 9.64 Å². The summed E-state index contributed by atoms with van der Waals surface area (Å²) in [5, 5.41) is 0. The van der Waals surface area contributed by atoms with Crippen LogP contribution in [0.5, 0.6) is 5.75 Å². The highest BCUT2D eigenvalue weighted by molar-refractivity contribution is 7.92. The molecule has 0 saturated heterocycles. The van der Waals surface area contributed by atoms with Crippen LogP contribution in [0.15, 0.2) is 42.5 Å². The third-order valence-corrected chi connectivity index (χ3v) is 5.69. The van der Waals surface area contributed by atoms with E-state index in [-0.39, 0.29) is 5.91 Å². The van der Waals surface area contributed by atoms with Gasteiger partial charge >= 0.3 is 0 Å². The number of anilines is 1. The highest BCUT2D eigenvalue weighted by Gasteiger charge is 2.27. The normalized spacial score (nSPS) is 13.4. The molecule has 0 fully saturated rings. The third-order valence-electron chi connectivity index (χ3n) is 4.51. The number of hydrogen-bond donors (Lipinski definition) is 0. The second-order valence-corrected chi connectivity index (χ2v) is 8.34. The maximum atomic E-state index is 12.7. The molecule has 0 radical (unpaired) electrons. The Hall–Kier alpha value is -2.54. The topological polar surface area (TPSA) is 66.9 Å². The first-order chi connectivity index (χ1) is 12.3. The fourth-order valence-electron chi connectivity index (χ4n) is 3.15. The van der Waals surface area contributed by atoms with Crippen LogP contribution in [0.25, 0.3) is 0 Å². The van der Waals surface area contributed by atoms with Gasteiger partial charge in [-0.1, -0.05) is 12.1 Å². The first-order valence-corrected chi connectivity index (χ1v) is 10.1. The van der Waals surface area contributed by atoms with E-state index in [0.29, 0.717) is 30.8 Å². The van der Waals surface area contributed by atoms with Crippen LogP contribution in [0.2, 0.25) is 0 Å². The molecule has 0 spiro atoms. The van der Waals surface area contributed by atoms with Crippen molar-refractivity contribution >= 4 is 21.6 Å². The molecule has 0 saturated carbocycles. The number of ether oxygens (including phenoxy) is 1. The highest BCUT2D eigenvalue weighted by atomic mass is 32.2. The van der Waals surface area contributed by atoms with Gasteiger partial charge in [-0.15, -0.1) is 0 Å². The number of rotatable bonds is 5. The Morgan fingerprint density at radius 2 is 1.88 bits per heavy atom. The molecule has 1 amide bonds. The van der Waals surface area contributed by atoms with Gasteiger partial charge in [0.2, 0.25) is 10.0 Å². The summed E-state index contributed by atoms with van der Waals surface area (Å²) in [6, 6.07) is 12.8. The number of amides is 1. The van der Waals surface area contributed by atoms with Gasteiger partial charge in [-0.2, -0.15) is 0 Å². The molecule has 6 nitrogen and oxygen atoms in total. The highest BCUT2D eigenvalue weighted by Crippen LogP contribution is 2.31. The van der Waals surface area contributed by atoms with Crippen molar-refractivity contribution in [2.45, 2.75) is 13.0 Å². The van der Waals surface area contributed by atoms with Crippen LogP contribution < -0.4 is 9.04 Å². The third kappa shape index (κ3) is 3.67. The number of nitrogens with zero attached hydrogens (tertiary/aromatic N) is 2. The Morgan fingerprint density at radius 3 is 2.50 bits per heavy atom. The number of hydrogen-bond acceptors (Lipinski definition) is 4. The maximum absolute atomic E-state index is 12.7. The van der Waals surface area contributed by atoms with E-state index in [2.05, 4.69) is 0 Å². The minimum atomic E-state index is -3.28. The van der Waals surface area contributed by atoms with E-state index < -0.39 is 10.0 Å². The number of methoxy groups -OCH3 is 1. The quantitative estimate of drug-likeness (QED) is 0.805. The second-order valence-electron chi connectivity index (χ2n) is 6.44. The van der Waals surface area contributed by atoms with Gasteiger partial charge in [-0.3, -0.25) is 9.10 Å². The second kappa shape index (κ2) is 6.99. The van der Waals surface area contributed by atoms with E-state index in [1.54, 1.807) is 37.3 Å². The summed E-state index contributed by atoms with van der Waals surface area (Å²) in [6.45, 7) is 0.906. The lowest BCUT2D eigenvalue weighted by molar-refractivity contribution is 0.0785. The predicted molar refractivity (Wildman–Crippen MR) is 101 cm³/mol. The van der Waals surface area contributed by atoms with Crippen molar-refractivity contribution < 1.29 is 17.9 Å². The van der Waals surface area contributed by atoms with Crippen LogP contribution in [0.1, 0.15) is 21.5 Å². The van der Waals surface area contributed by atoms with E-state index in [4.69, 9.17) is 4.74 Å². The zero-order chi connectivity index (χ0) is 18.9. The maximum Gasteiger partial charge on any atom is 0.253 e. The smallest absolute Gasteiger partial charge is 0.253 e. The Bertz CT molecular complexity index is 923. The largest absolute Gasteiger partial charge is 0.497 e. The number of benzene rings is 2. The van der Waals surface area contributed by atoms with Crippen molar-refractivity contribution in [1.29, 1.82) is 0 Å². The zero-order valence-corrected chi connectivity index (χ0v) is 15.9. The van der Waals surface area contributed by atoms with Gasteiger partial charge in [-0.25, -0.2) is 8.42 Å². The average Bonchev–Trinajstić information content (AvgIpc) is 3.05. The lowest BCUT2D eigenvalue weighted by Gasteiger charge is -2.19. The Morgan fingerprint density at radius 1 is 1.19 bits per heavy atom. The Balaban J connectivity index is 1.75. The van der Waals surface area contributed by atoms with Crippen molar-refractivity contribution in [2.75, 3.05) is 31.3 Å². The van der Waals surface area contributed by atoms with Crippen molar-refractivity contribution in [2.24, 2.45) is 0 Å². The summed E-state index contributed by atoms with van der Waals surface area (Å²) in [5.74, 6) is 0.679. The van der Waals surface area contributed by atoms with Crippen LogP contribution in [-0.4, -0.2) is 46.2 Å². The minimum absolute atomic E-state index is 0.0959. The van der Waals surface area contributed by atoms with Gasteiger partial charge in [0.25, 0.3) is 5.91 Å². The molecule has 3 rings (SSSR count). The molecule has 0 atom stereocenters. The van der Waals surface area contributed by atoms with Crippen molar-refractivity contribution in [3.05, 3.63) is 59.2 Å². The van der Waals surface area contributed by atoms with Crippen molar-refractivity contribution in [1.82, 2.24) is 4.90 Å². The summed E-state index contributed by atoms with van der Waals surface area (Å²) in [6.07, 6.45) is 1.81. The van der Waals surface area contributed by atoms with Gasteiger partial charge in [0.15, 0.2) is 0 Å². The molecule has 0 aliphatic carbocycles. The molecule has 1 heterocycles. The zero-order valence-electron chi connectivity index (χ0n) is 15.1. The van der Waals surface area contributed by atoms with Crippen LogP contribution in [-0.2, 0) is 23.0 Å². The molecule has 138 valence electrons. The number of carbonyl (C=O) groups is 1. The molecular weight excluding hydrogens is 352 g/mol. The molecule has 1 aliphatic rings. The Kier molecular flexibility index (Phi) is 4.91. The molecule has 0 N–H and O–H groups in total. The van der Waals surface area contributed by atoms with Crippen molar-refractivity contribution in [3.63, 3.8) is 0 Å². The number of fused-ring (bicyclic) bond motifs is 1. The van der Waals surface area contributed by atoms with E-state index in [1.165, 1.54) is 10.6 Å². The van der Waals surface area contributed by atoms with Crippen LogP contribution >= 0.6 is 0 Å². The van der Waals surface area contributed by atoms with Gasteiger partial charge in [0.1, 0.15) is 5.75 Å². The predicted octanol–water partition coefficient (Wildman–Crippen LogP) is 2.29. The standard InChI is InChI=1S/C19H22N2O4S/c1-20(13-14-4-7-17(25-2)8-5-14)19(22)16-6-9-18-15(12-16)10-11-21(18)26(3,23)24/h4-9,12H,10-11,13H2,1-3H3. The molecule has 26 heavy (non-hydrogen) atoms. The first kappa shape index (κ1) is 18.3. The molecule has 2 aromatic rings. The fourth-order valence-corrected chi connectivity index (χ4v) is 4.10. The van der Waals surface area contributed by atoms with E-state index >= 15 is 0 Å². The van der Waals surface area contributed by atoms with Crippen LogP contribution in [0.3, 0.4) is 0 Å². The van der Waals surface area contributed by atoms with Crippen LogP contribution in [0.4, 0.5) is 5.69 Å². The molecule has 1 aliphatic heterocycles. The monoisotopic (exact) mass is 374 g/mol. The SMILES string of the molecule is COc1ccc(CN(C)C(=O)c2ccc3c(c2)CCN3S(C)(=O)=O)cc1. The van der Waals surface area contributed by atoms with Crippen LogP contribution in [0, 0.1) is 0 Å². The van der Waals surface area contributed by atoms with Gasteiger partial charge in [0, 0.05) is 25.7 Å². The number of sulfonamides is 1. The molecule has 0 unspecified atom stereocenters. The summed E-state index contributed by atoms with van der Waals surface area (Å²) in [5.41, 5.74) is 3.13. The number of carbonyl (C=O) groups excluding carboxylic acids is 1. The Labute approximate surface area is 154 Å². The van der Waals surface area contributed by atoms with E-state index in [0.717, 1.165) is 16.9 Å². The van der Waals surface area contributed by atoms with E-state index in [1.807, 2.05) is 24.3 Å². The van der Waals surface area contributed by atoms with Gasteiger partial charge in [0.05, 0.1) is 19.1 Å². The summed E-state index contributed by atoms with van der Waals surface area (Å²) < 4.78 is 30.2. The lowest BCUT2D eigenvalue weighted by Crippen LogP contribution is -2.27. The first-order valence-electron chi connectivity index (χ1n) is 8.28. The minimum Gasteiger partial charge on any atom is -0.497 e. The fraction of sp³-hybridized carbons (Fsp3) is 0.316. The van der Waals surface area contributed by atoms with Gasteiger partial charge in [-0.05, 0) is 47.9 Å². The summed E-state index contributed by atoms with van der Waals surface area (Å²) in [4.78, 5) is 14.4. The molecule has 0 bridgehead atoms. The van der Waals surface area contributed by atoms with Crippen molar-refractivity contribution in [3.8, 4) is 5.75 Å². The van der Waals surface area contributed by atoms with E-state index in [9.17, 15) is 13.2 Å². The summed E-state index contributed by atoms with van der Waals surface area (Å²) >= 11 is 0. The lowest BCUT2D eigenvalue weighted by atomic mass is 10.1. The summed E-state index contributed by atoms with van der Waals surface area (Å²) in [7, 11) is 0.0830. The molecular formula is C19H22N2O4S.